The molecule has 0 saturated heterocycles. The molecule has 174 valence electrons. The normalized spacial score (nSPS) is 14.0. The van der Waals surface area contributed by atoms with Crippen LogP contribution in [-0.4, -0.2) is 59.5 Å². The fourth-order valence-corrected chi connectivity index (χ4v) is 3.51. The van der Waals surface area contributed by atoms with Crippen LogP contribution in [0.3, 0.4) is 0 Å². The van der Waals surface area contributed by atoms with E-state index in [-0.39, 0.29) is 22.2 Å². The maximum atomic E-state index is 12.7. The molecular formula is C20H25Cl2F3N2O4. The summed E-state index contributed by atoms with van der Waals surface area (Å²) >= 11 is 12.1. The number of likely N-dealkylation sites (N-methyl/N-ethyl adjacent to an activating group) is 1. The molecule has 31 heavy (non-hydrogen) atoms. The maximum Gasteiger partial charge on any atom is 0.408 e. The van der Waals surface area contributed by atoms with Gasteiger partial charge in [0.25, 0.3) is 0 Å². The Bertz CT molecular complexity index is 828. The van der Waals surface area contributed by atoms with E-state index in [2.05, 4.69) is 0 Å². The lowest BCUT2D eigenvalue weighted by molar-refractivity contribution is -0.162. The smallest absolute Gasteiger partial charge is 0.408 e. The third-order valence-electron chi connectivity index (χ3n) is 4.53. The highest BCUT2D eigenvalue weighted by Crippen LogP contribution is 2.38. The maximum absolute atomic E-state index is 12.7. The Labute approximate surface area is 188 Å². The van der Waals surface area contributed by atoms with Crippen LogP contribution in [0.1, 0.15) is 39.2 Å². The molecule has 0 aliphatic carbocycles. The molecular weight excluding hydrogens is 460 g/mol. The van der Waals surface area contributed by atoms with Gasteiger partial charge in [0, 0.05) is 26.6 Å². The first-order chi connectivity index (χ1) is 14.0. The Morgan fingerprint density at radius 1 is 1.10 bits per heavy atom. The number of amides is 2. The summed E-state index contributed by atoms with van der Waals surface area (Å²) < 4.78 is 38.2. The van der Waals surface area contributed by atoms with Gasteiger partial charge in [-0.15, -0.1) is 0 Å². The summed E-state index contributed by atoms with van der Waals surface area (Å²) in [7, 11) is 1.13. The fourth-order valence-electron chi connectivity index (χ4n) is 3.21. The van der Waals surface area contributed by atoms with E-state index in [0.717, 1.165) is 16.8 Å². The highest BCUT2D eigenvalue weighted by molar-refractivity contribution is 6.42. The molecule has 0 radical (unpaired) electrons. The van der Waals surface area contributed by atoms with Gasteiger partial charge >= 0.3 is 12.3 Å². The number of carbonyl (C=O) groups excluding carboxylic acids is 2. The van der Waals surface area contributed by atoms with Crippen LogP contribution < -0.4 is 0 Å². The highest BCUT2D eigenvalue weighted by Gasteiger charge is 2.45. The molecule has 0 aliphatic rings. The average molecular weight is 485 g/mol. The number of halogens is 5. The van der Waals surface area contributed by atoms with Crippen molar-refractivity contribution >= 4 is 41.5 Å². The summed E-state index contributed by atoms with van der Waals surface area (Å²) in [6, 6.07) is 4.19. The van der Waals surface area contributed by atoms with Crippen LogP contribution >= 0.6 is 23.2 Å². The Balaban J connectivity index is 3.66. The molecule has 0 saturated carbocycles. The summed E-state index contributed by atoms with van der Waals surface area (Å²) in [4.78, 5) is 37.8. The van der Waals surface area contributed by atoms with Crippen LogP contribution in [0.5, 0.6) is 0 Å². The van der Waals surface area contributed by atoms with Crippen LogP contribution in [0.2, 0.25) is 10.0 Å². The van der Waals surface area contributed by atoms with E-state index in [9.17, 15) is 32.7 Å². The number of carboxylic acid groups (broad SMARTS) is 1. The predicted octanol–water partition coefficient (Wildman–Crippen LogP) is 5.21. The molecule has 1 rings (SSSR count). The third-order valence-corrected chi connectivity index (χ3v) is 5.27. The molecule has 0 aliphatic heterocycles. The van der Waals surface area contributed by atoms with Crippen LogP contribution in [-0.2, 0) is 15.1 Å². The quantitative estimate of drug-likeness (QED) is 0.513. The molecule has 0 aromatic heterocycles. The van der Waals surface area contributed by atoms with Crippen LogP contribution in [0.15, 0.2) is 18.2 Å². The second kappa shape index (κ2) is 10.1. The number of aldehydes is 1. The molecule has 1 N–H and O–H groups in total. The zero-order valence-electron chi connectivity index (χ0n) is 17.6. The first kappa shape index (κ1) is 27.0. The molecule has 0 bridgehead atoms. The van der Waals surface area contributed by atoms with Gasteiger partial charge in [-0.1, -0.05) is 50.0 Å². The van der Waals surface area contributed by atoms with Gasteiger partial charge < -0.3 is 14.8 Å². The minimum absolute atomic E-state index is 0.0693. The van der Waals surface area contributed by atoms with Gasteiger partial charge in [0.15, 0.2) is 0 Å². The summed E-state index contributed by atoms with van der Waals surface area (Å²) in [6.07, 6.45) is -7.81. The minimum atomic E-state index is -4.74. The van der Waals surface area contributed by atoms with Gasteiger partial charge in [-0.3, -0.25) is 9.69 Å². The number of nitrogens with zero attached hydrogens (tertiary/aromatic N) is 2. The van der Waals surface area contributed by atoms with E-state index in [1.165, 1.54) is 18.2 Å². The first-order valence-corrected chi connectivity index (χ1v) is 9.98. The number of rotatable bonds is 8. The monoisotopic (exact) mass is 484 g/mol. The van der Waals surface area contributed by atoms with Gasteiger partial charge in [0.05, 0.1) is 15.6 Å². The van der Waals surface area contributed by atoms with E-state index in [4.69, 9.17) is 23.2 Å². The summed E-state index contributed by atoms with van der Waals surface area (Å²) in [5.41, 5.74) is -2.03. The summed E-state index contributed by atoms with van der Waals surface area (Å²) in [5.74, 6) is -1.26. The zero-order chi connectivity index (χ0) is 24.2. The van der Waals surface area contributed by atoms with Gasteiger partial charge in [0.1, 0.15) is 12.7 Å². The topological polar surface area (TPSA) is 77.9 Å². The van der Waals surface area contributed by atoms with Crippen molar-refractivity contribution in [1.29, 1.82) is 0 Å². The molecule has 0 fully saturated rings. The number of hydrogen-bond acceptors (Lipinski definition) is 3. The fraction of sp³-hybridized carbons (Fsp3) is 0.550. The molecule has 11 heteroatoms. The first-order valence-electron chi connectivity index (χ1n) is 9.23. The van der Waals surface area contributed by atoms with Crippen molar-refractivity contribution in [3.05, 3.63) is 33.8 Å². The van der Waals surface area contributed by atoms with E-state index in [1.54, 1.807) is 20.8 Å². The third kappa shape index (κ3) is 7.57. The number of alkyl halides is 3. The van der Waals surface area contributed by atoms with Crippen molar-refractivity contribution in [3.63, 3.8) is 0 Å². The molecule has 2 amide bonds. The molecule has 1 atom stereocenters. The minimum Gasteiger partial charge on any atom is -0.465 e. The average Bonchev–Trinajstić information content (AvgIpc) is 2.59. The van der Waals surface area contributed by atoms with Gasteiger partial charge in [-0.05, 0) is 23.1 Å². The molecule has 1 unspecified atom stereocenters. The Kier molecular flexibility index (Phi) is 8.79. The Morgan fingerprint density at radius 2 is 1.68 bits per heavy atom. The Morgan fingerprint density at radius 3 is 2.10 bits per heavy atom. The predicted molar refractivity (Wildman–Crippen MR) is 111 cm³/mol. The van der Waals surface area contributed by atoms with Gasteiger partial charge in [0.2, 0.25) is 5.91 Å². The van der Waals surface area contributed by atoms with Crippen LogP contribution in [0, 0.1) is 5.41 Å². The standard InChI is InChI=1S/C20H25Cl2F3N2O4/c1-18(2,3)11-27(17(30)31)19(7-8-28,13-5-6-14(21)15(22)9-13)12-26(4)16(29)10-20(23,24)25/h5-6,8-9H,7,10-12H2,1-4H3,(H,30,31). The number of carbonyl (C=O) groups is 3. The number of hydrogen-bond donors (Lipinski definition) is 1. The summed E-state index contributed by atoms with van der Waals surface area (Å²) in [6.45, 7) is 4.73. The Hall–Kier alpha value is -2.00. The van der Waals surface area contributed by atoms with Gasteiger partial charge in [-0.2, -0.15) is 13.2 Å². The number of benzene rings is 1. The van der Waals surface area contributed by atoms with Gasteiger partial charge in [-0.25, -0.2) is 4.79 Å². The second-order valence-electron chi connectivity index (χ2n) is 8.50. The van der Waals surface area contributed by atoms with Crippen molar-refractivity contribution in [1.82, 2.24) is 9.80 Å². The highest BCUT2D eigenvalue weighted by atomic mass is 35.5. The second-order valence-corrected chi connectivity index (χ2v) is 9.32. The van der Waals surface area contributed by atoms with Crippen molar-refractivity contribution < 1.29 is 32.7 Å². The van der Waals surface area contributed by atoms with Crippen molar-refractivity contribution in [3.8, 4) is 0 Å². The van der Waals surface area contributed by atoms with Crippen molar-refractivity contribution in [2.45, 2.75) is 45.3 Å². The van der Waals surface area contributed by atoms with Crippen molar-refractivity contribution in [2.75, 3.05) is 20.1 Å². The lowest BCUT2D eigenvalue weighted by Crippen LogP contribution is -2.58. The molecule has 1 aromatic rings. The van der Waals surface area contributed by atoms with E-state index in [1.807, 2.05) is 0 Å². The van der Waals surface area contributed by atoms with E-state index >= 15 is 0 Å². The van der Waals surface area contributed by atoms with Crippen LogP contribution in [0.25, 0.3) is 0 Å². The zero-order valence-corrected chi connectivity index (χ0v) is 19.1. The molecule has 0 heterocycles. The SMILES string of the molecule is CN(CC(CC=O)(c1ccc(Cl)c(Cl)c1)N(CC(C)(C)C)C(=O)O)C(=O)CC(F)(F)F. The molecule has 6 nitrogen and oxygen atoms in total. The van der Waals surface area contributed by atoms with E-state index in [0.29, 0.717) is 6.29 Å². The molecule has 0 spiro atoms. The van der Waals surface area contributed by atoms with Crippen LogP contribution in [0.4, 0.5) is 18.0 Å². The molecule has 1 aromatic carbocycles. The largest absolute Gasteiger partial charge is 0.465 e. The lowest BCUT2D eigenvalue weighted by atomic mass is 9.82. The van der Waals surface area contributed by atoms with Crippen molar-refractivity contribution in [2.24, 2.45) is 5.41 Å². The lowest BCUT2D eigenvalue weighted by Gasteiger charge is -2.46. The van der Waals surface area contributed by atoms with E-state index < -0.39 is 48.5 Å². The summed E-state index contributed by atoms with van der Waals surface area (Å²) in [5, 5.41) is 10.2.